The number of carbonyl (C=O) groups is 1. The Bertz CT molecular complexity index is 1200. The molecule has 0 atom stereocenters. The lowest BCUT2D eigenvalue weighted by Gasteiger charge is -2.11. The SMILES string of the molecule is Cc1cc(C)cc(OCCCn2cccc2/C=C(/C#N)C(=O)Nc2nnc(N3CCCC3)s2)c1. The Morgan fingerprint density at radius 2 is 2.00 bits per heavy atom. The van der Waals surface area contributed by atoms with Crippen molar-refractivity contribution >= 4 is 33.6 Å². The van der Waals surface area contributed by atoms with Gasteiger partial charge < -0.3 is 14.2 Å². The lowest BCUT2D eigenvalue weighted by Crippen LogP contribution is -2.17. The Hall–Kier alpha value is -3.64. The molecule has 3 aromatic rings. The molecule has 9 heteroatoms. The Morgan fingerprint density at radius 1 is 1.24 bits per heavy atom. The van der Waals surface area contributed by atoms with Crippen LogP contribution in [0.3, 0.4) is 0 Å². The summed E-state index contributed by atoms with van der Waals surface area (Å²) in [5, 5.41) is 21.7. The zero-order chi connectivity index (χ0) is 23.9. The maximum Gasteiger partial charge on any atom is 0.268 e. The summed E-state index contributed by atoms with van der Waals surface area (Å²) in [4.78, 5) is 14.8. The monoisotopic (exact) mass is 476 g/mol. The number of anilines is 2. The summed E-state index contributed by atoms with van der Waals surface area (Å²) in [6, 6.07) is 12.0. The second kappa shape index (κ2) is 11.0. The fourth-order valence-corrected chi connectivity index (χ4v) is 4.76. The number of hydrogen-bond donors (Lipinski definition) is 1. The largest absolute Gasteiger partial charge is 0.494 e. The Morgan fingerprint density at radius 3 is 2.74 bits per heavy atom. The van der Waals surface area contributed by atoms with Crippen LogP contribution in [0.2, 0.25) is 0 Å². The first-order valence-electron chi connectivity index (χ1n) is 11.4. The second-order valence-electron chi connectivity index (χ2n) is 8.36. The normalized spacial score (nSPS) is 13.7. The highest BCUT2D eigenvalue weighted by atomic mass is 32.1. The van der Waals surface area contributed by atoms with E-state index in [2.05, 4.69) is 40.3 Å². The summed E-state index contributed by atoms with van der Waals surface area (Å²) in [6.45, 7) is 7.31. The molecule has 0 bridgehead atoms. The third kappa shape index (κ3) is 6.02. The highest BCUT2D eigenvalue weighted by molar-refractivity contribution is 7.19. The quantitative estimate of drug-likeness (QED) is 0.276. The average molecular weight is 477 g/mol. The van der Waals surface area contributed by atoms with Gasteiger partial charge in [-0.1, -0.05) is 17.4 Å². The molecule has 1 aromatic carbocycles. The summed E-state index contributed by atoms with van der Waals surface area (Å²) in [5.74, 6) is 0.385. The molecule has 3 heterocycles. The van der Waals surface area contributed by atoms with Gasteiger partial charge in [0.25, 0.3) is 5.91 Å². The molecular weight excluding hydrogens is 448 g/mol. The van der Waals surface area contributed by atoms with Gasteiger partial charge in [0.05, 0.1) is 6.61 Å². The first-order valence-corrected chi connectivity index (χ1v) is 12.2. The van der Waals surface area contributed by atoms with E-state index in [0.29, 0.717) is 18.3 Å². The van der Waals surface area contributed by atoms with E-state index in [1.807, 2.05) is 41.1 Å². The van der Waals surface area contributed by atoms with Crippen LogP contribution in [0.15, 0.2) is 42.1 Å². The molecule has 1 N–H and O–H groups in total. The molecule has 8 nitrogen and oxygen atoms in total. The Labute approximate surface area is 203 Å². The van der Waals surface area contributed by atoms with Crippen molar-refractivity contribution in [1.82, 2.24) is 14.8 Å². The predicted octanol–water partition coefficient (Wildman–Crippen LogP) is 4.57. The van der Waals surface area contributed by atoms with Crippen molar-refractivity contribution in [2.24, 2.45) is 0 Å². The molecule has 1 fully saturated rings. The van der Waals surface area contributed by atoms with Crippen LogP contribution in [0.1, 0.15) is 36.1 Å². The van der Waals surface area contributed by atoms with Gasteiger partial charge in [-0.05, 0) is 74.6 Å². The van der Waals surface area contributed by atoms with Crippen molar-refractivity contribution in [3.63, 3.8) is 0 Å². The lowest BCUT2D eigenvalue weighted by molar-refractivity contribution is -0.112. The number of aromatic nitrogens is 3. The number of carbonyl (C=O) groups excluding carboxylic acids is 1. The van der Waals surface area contributed by atoms with Crippen molar-refractivity contribution in [1.29, 1.82) is 5.26 Å². The molecule has 0 spiro atoms. The highest BCUT2D eigenvalue weighted by Crippen LogP contribution is 2.27. The third-order valence-corrected chi connectivity index (χ3v) is 6.44. The first kappa shape index (κ1) is 23.5. The van der Waals surface area contributed by atoms with Gasteiger partial charge in [-0.3, -0.25) is 10.1 Å². The molecule has 176 valence electrons. The van der Waals surface area contributed by atoms with Crippen molar-refractivity contribution < 1.29 is 9.53 Å². The molecule has 2 aromatic heterocycles. The van der Waals surface area contributed by atoms with E-state index < -0.39 is 5.91 Å². The van der Waals surface area contributed by atoms with E-state index in [9.17, 15) is 10.1 Å². The number of nitrogens with zero attached hydrogens (tertiary/aromatic N) is 5. The topological polar surface area (TPSA) is 96.1 Å². The van der Waals surface area contributed by atoms with E-state index in [4.69, 9.17) is 4.74 Å². The van der Waals surface area contributed by atoms with Gasteiger partial charge in [0.2, 0.25) is 10.3 Å². The summed E-state index contributed by atoms with van der Waals surface area (Å²) >= 11 is 1.33. The fourth-order valence-electron chi connectivity index (χ4n) is 3.97. The molecule has 0 aliphatic carbocycles. The molecule has 1 saturated heterocycles. The molecule has 0 radical (unpaired) electrons. The maximum absolute atomic E-state index is 12.7. The van der Waals surface area contributed by atoms with Gasteiger partial charge in [-0.15, -0.1) is 10.2 Å². The van der Waals surface area contributed by atoms with E-state index in [1.165, 1.54) is 22.5 Å². The van der Waals surface area contributed by atoms with Crippen LogP contribution in [0.4, 0.5) is 10.3 Å². The lowest BCUT2D eigenvalue weighted by atomic mass is 10.1. The van der Waals surface area contributed by atoms with Crippen LogP contribution < -0.4 is 15.0 Å². The van der Waals surface area contributed by atoms with Gasteiger partial charge in [-0.2, -0.15) is 5.26 Å². The summed E-state index contributed by atoms with van der Waals surface area (Å²) < 4.78 is 7.90. The zero-order valence-electron chi connectivity index (χ0n) is 19.5. The molecule has 34 heavy (non-hydrogen) atoms. The van der Waals surface area contributed by atoms with E-state index in [-0.39, 0.29) is 5.57 Å². The first-order chi connectivity index (χ1) is 16.5. The van der Waals surface area contributed by atoms with Crippen LogP contribution >= 0.6 is 11.3 Å². The maximum atomic E-state index is 12.7. The molecular formula is C25H28N6O2S. The standard InChI is InChI=1S/C25H28N6O2S/c1-18-13-19(2)15-22(14-18)33-12-6-11-30-10-5-7-21(30)16-20(17-26)23(32)27-24-28-29-25(34-24)31-8-3-4-9-31/h5,7,10,13-16H,3-4,6,8-9,11-12H2,1-2H3,(H,27,28,32)/b20-16-. The van der Waals surface area contributed by atoms with Crippen molar-refractivity contribution in [3.05, 3.63) is 58.9 Å². The smallest absolute Gasteiger partial charge is 0.268 e. The number of aryl methyl sites for hydroxylation is 3. The Kier molecular flexibility index (Phi) is 7.60. The third-order valence-electron chi connectivity index (χ3n) is 5.54. The fraction of sp³-hybridized carbons (Fsp3) is 0.360. The molecule has 0 unspecified atom stereocenters. The van der Waals surface area contributed by atoms with Crippen LogP contribution in [-0.2, 0) is 11.3 Å². The molecule has 4 rings (SSSR count). The number of nitriles is 1. The second-order valence-corrected chi connectivity index (χ2v) is 9.32. The minimum absolute atomic E-state index is 0.0179. The van der Waals surface area contributed by atoms with Crippen molar-refractivity contribution in [2.75, 3.05) is 29.9 Å². The number of ether oxygens (including phenoxy) is 1. The van der Waals surface area contributed by atoms with E-state index >= 15 is 0 Å². The van der Waals surface area contributed by atoms with Gasteiger partial charge in [0.1, 0.15) is 17.4 Å². The Balaban J connectivity index is 1.34. The van der Waals surface area contributed by atoms with Crippen molar-refractivity contribution in [3.8, 4) is 11.8 Å². The van der Waals surface area contributed by atoms with Gasteiger partial charge in [0, 0.05) is 31.5 Å². The minimum Gasteiger partial charge on any atom is -0.494 e. The molecule has 1 amide bonds. The molecule has 0 saturated carbocycles. The number of hydrogen-bond acceptors (Lipinski definition) is 7. The number of rotatable bonds is 9. The number of benzene rings is 1. The van der Waals surface area contributed by atoms with Crippen LogP contribution in [0.25, 0.3) is 6.08 Å². The number of nitrogens with one attached hydrogen (secondary N) is 1. The predicted molar refractivity (Wildman–Crippen MR) is 134 cm³/mol. The summed E-state index contributed by atoms with van der Waals surface area (Å²) in [7, 11) is 0. The zero-order valence-corrected chi connectivity index (χ0v) is 20.3. The van der Waals surface area contributed by atoms with Gasteiger partial charge in [-0.25, -0.2) is 0 Å². The summed E-state index contributed by atoms with van der Waals surface area (Å²) in [5.41, 5.74) is 3.16. The van der Waals surface area contributed by atoms with Crippen LogP contribution in [0.5, 0.6) is 5.75 Å². The summed E-state index contributed by atoms with van der Waals surface area (Å²) in [6.07, 6.45) is 6.60. The number of amides is 1. The van der Waals surface area contributed by atoms with Crippen LogP contribution in [0, 0.1) is 25.2 Å². The molecule has 1 aliphatic rings. The van der Waals surface area contributed by atoms with Crippen LogP contribution in [-0.4, -0.2) is 40.4 Å². The van der Waals surface area contributed by atoms with E-state index in [0.717, 1.165) is 48.9 Å². The van der Waals surface area contributed by atoms with Crippen molar-refractivity contribution in [2.45, 2.75) is 39.7 Å². The average Bonchev–Trinajstić information content (AvgIpc) is 3.56. The van der Waals surface area contributed by atoms with Gasteiger partial charge in [0.15, 0.2) is 0 Å². The van der Waals surface area contributed by atoms with Gasteiger partial charge >= 0.3 is 0 Å². The van der Waals surface area contributed by atoms with E-state index in [1.54, 1.807) is 6.08 Å². The highest BCUT2D eigenvalue weighted by Gasteiger charge is 2.18. The molecule has 1 aliphatic heterocycles. The minimum atomic E-state index is -0.488.